The maximum atomic E-state index is 12.9. The molecule has 1 aromatic rings. The summed E-state index contributed by atoms with van der Waals surface area (Å²) < 4.78 is 12.1. The van der Waals surface area contributed by atoms with Gasteiger partial charge in [0.05, 0.1) is 24.8 Å². The zero-order valence-electron chi connectivity index (χ0n) is 18.6. The predicted molar refractivity (Wildman–Crippen MR) is 117 cm³/mol. The van der Waals surface area contributed by atoms with Crippen LogP contribution >= 0.6 is 0 Å². The van der Waals surface area contributed by atoms with E-state index in [9.17, 15) is 4.79 Å². The molecule has 0 unspecified atom stereocenters. The molecule has 154 valence electrons. The van der Waals surface area contributed by atoms with Gasteiger partial charge >= 0.3 is 5.97 Å². The van der Waals surface area contributed by atoms with Crippen LogP contribution in [0.25, 0.3) is 5.57 Å². The van der Waals surface area contributed by atoms with Crippen LogP contribution in [0.1, 0.15) is 44.7 Å². The molecule has 1 aromatic carbocycles. The number of carbonyl (C=O) groups is 1. The number of nitrogens with zero attached hydrogens (tertiary/aromatic N) is 1. The fourth-order valence-electron chi connectivity index (χ4n) is 4.24. The van der Waals surface area contributed by atoms with Gasteiger partial charge in [0, 0.05) is 6.04 Å². The van der Waals surface area contributed by atoms with Crippen LogP contribution in [0.4, 0.5) is 0 Å². The number of methoxy groups -OCH3 is 1. The predicted octanol–water partition coefficient (Wildman–Crippen LogP) is 4.79. The van der Waals surface area contributed by atoms with E-state index < -0.39 is 8.32 Å². The van der Waals surface area contributed by atoms with Crippen molar-refractivity contribution in [1.82, 2.24) is 4.90 Å². The zero-order valence-corrected chi connectivity index (χ0v) is 19.6. The van der Waals surface area contributed by atoms with E-state index in [0.29, 0.717) is 6.04 Å². The van der Waals surface area contributed by atoms with Crippen LogP contribution < -0.4 is 0 Å². The average molecular weight is 402 g/mol. The Balaban J connectivity index is 2.05. The molecule has 1 saturated heterocycles. The van der Waals surface area contributed by atoms with Crippen LogP contribution in [0, 0.1) is 6.92 Å². The molecular formula is C23H35NO3Si. The number of hydrogen-bond acceptors (Lipinski definition) is 4. The maximum Gasteiger partial charge on any atom is 0.335 e. The van der Waals surface area contributed by atoms with Crippen molar-refractivity contribution in [2.24, 2.45) is 0 Å². The highest BCUT2D eigenvalue weighted by Crippen LogP contribution is 2.46. The van der Waals surface area contributed by atoms with E-state index in [0.717, 1.165) is 29.6 Å². The molecule has 2 bridgehead atoms. The molecule has 0 N–H and O–H groups in total. The van der Waals surface area contributed by atoms with E-state index >= 15 is 0 Å². The molecule has 4 nitrogen and oxygen atoms in total. The summed E-state index contributed by atoms with van der Waals surface area (Å²) in [6, 6.07) is 8.83. The molecule has 2 aliphatic heterocycles. The van der Waals surface area contributed by atoms with Gasteiger partial charge in [0.1, 0.15) is 0 Å². The Kier molecular flexibility index (Phi) is 5.65. The number of esters is 1. The number of carbonyl (C=O) groups excluding carboxylic acids is 1. The topological polar surface area (TPSA) is 38.8 Å². The molecule has 2 aliphatic rings. The molecule has 3 rings (SSSR count). The highest BCUT2D eigenvalue weighted by molar-refractivity contribution is 6.74. The highest BCUT2D eigenvalue weighted by atomic mass is 28.4. The summed E-state index contributed by atoms with van der Waals surface area (Å²) in [5, 5.41) is 0.136. The fourth-order valence-corrected chi connectivity index (χ4v) is 5.58. The lowest BCUT2D eigenvalue weighted by Crippen LogP contribution is -2.49. The summed E-state index contributed by atoms with van der Waals surface area (Å²) in [6.45, 7) is 13.5. The number of ether oxygens (including phenoxy) is 1. The smallest absolute Gasteiger partial charge is 0.335 e. The molecule has 3 atom stereocenters. The summed E-state index contributed by atoms with van der Waals surface area (Å²) in [6.07, 6.45) is 1.86. The lowest BCUT2D eigenvalue weighted by Gasteiger charge is -2.41. The zero-order chi connectivity index (χ0) is 20.9. The van der Waals surface area contributed by atoms with E-state index in [1.807, 2.05) is 0 Å². The van der Waals surface area contributed by atoms with E-state index in [-0.39, 0.29) is 23.2 Å². The lowest BCUT2D eigenvalue weighted by molar-refractivity contribution is -0.137. The van der Waals surface area contributed by atoms with Crippen molar-refractivity contribution in [3.05, 3.63) is 41.0 Å². The second-order valence-corrected chi connectivity index (χ2v) is 14.6. The van der Waals surface area contributed by atoms with E-state index in [1.165, 1.54) is 12.7 Å². The van der Waals surface area contributed by atoms with Crippen molar-refractivity contribution in [3.8, 4) is 0 Å². The number of aryl methyl sites for hydroxylation is 1. The second kappa shape index (κ2) is 7.43. The van der Waals surface area contributed by atoms with E-state index in [4.69, 9.17) is 9.16 Å². The van der Waals surface area contributed by atoms with Crippen molar-refractivity contribution in [2.45, 2.75) is 76.9 Å². The van der Waals surface area contributed by atoms with Crippen LogP contribution in [0.3, 0.4) is 0 Å². The van der Waals surface area contributed by atoms with Gasteiger partial charge in [0.2, 0.25) is 0 Å². The molecule has 0 aliphatic carbocycles. The minimum Gasteiger partial charge on any atom is -0.466 e. The Labute approximate surface area is 171 Å². The average Bonchev–Trinajstić information content (AvgIpc) is 2.79. The monoisotopic (exact) mass is 401 g/mol. The first-order valence-corrected chi connectivity index (χ1v) is 13.1. The minimum absolute atomic E-state index is 0.0351. The number of rotatable bonds is 4. The maximum absolute atomic E-state index is 12.9. The number of hydrogen-bond donors (Lipinski definition) is 0. The van der Waals surface area contributed by atoms with Gasteiger partial charge in [-0.2, -0.15) is 0 Å². The third-order valence-corrected chi connectivity index (χ3v) is 11.5. The normalized spacial score (nSPS) is 25.9. The Morgan fingerprint density at radius 3 is 2.32 bits per heavy atom. The van der Waals surface area contributed by atoms with Crippen molar-refractivity contribution in [3.63, 3.8) is 0 Å². The Hall–Kier alpha value is -1.43. The Morgan fingerprint density at radius 1 is 1.18 bits per heavy atom. The van der Waals surface area contributed by atoms with Crippen LogP contribution in [0.5, 0.6) is 0 Å². The summed E-state index contributed by atoms with van der Waals surface area (Å²) in [5.41, 5.74) is 4.26. The first-order valence-electron chi connectivity index (χ1n) is 10.2. The van der Waals surface area contributed by atoms with Gasteiger partial charge in [-0.15, -0.1) is 0 Å². The van der Waals surface area contributed by atoms with Gasteiger partial charge < -0.3 is 9.16 Å². The van der Waals surface area contributed by atoms with Crippen molar-refractivity contribution in [1.29, 1.82) is 0 Å². The lowest BCUT2D eigenvalue weighted by atomic mass is 9.88. The molecule has 1 fully saturated rings. The molecule has 0 spiro atoms. The quantitative estimate of drug-likeness (QED) is 0.537. The Morgan fingerprint density at radius 2 is 1.79 bits per heavy atom. The van der Waals surface area contributed by atoms with E-state index in [2.05, 4.69) is 77.0 Å². The van der Waals surface area contributed by atoms with Gasteiger partial charge in [-0.1, -0.05) is 50.6 Å². The first kappa shape index (κ1) is 21.3. The summed E-state index contributed by atoms with van der Waals surface area (Å²) in [5.74, 6) is -0.225. The molecule has 28 heavy (non-hydrogen) atoms. The molecule has 2 heterocycles. The summed E-state index contributed by atoms with van der Waals surface area (Å²) >= 11 is 0. The van der Waals surface area contributed by atoms with Crippen LogP contribution in [0.2, 0.25) is 18.1 Å². The molecule has 0 saturated carbocycles. The molecular weight excluding hydrogens is 366 g/mol. The summed E-state index contributed by atoms with van der Waals surface area (Å²) in [4.78, 5) is 15.2. The van der Waals surface area contributed by atoms with Gasteiger partial charge in [-0.25, -0.2) is 4.79 Å². The highest BCUT2D eigenvalue weighted by Gasteiger charge is 2.51. The van der Waals surface area contributed by atoms with Crippen molar-refractivity contribution in [2.75, 3.05) is 14.2 Å². The summed E-state index contributed by atoms with van der Waals surface area (Å²) in [7, 11) is 1.66. The third-order valence-electron chi connectivity index (χ3n) is 6.99. The molecule has 0 radical (unpaired) electrons. The molecule has 0 aromatic heterocycles. The van der Waals surface area contributed by atoms with Gasteiger partial charge in [0.25, 0.3) is 0 Å². The third kappa shape index (κ3) is 3.72. The molecule has 5 heteroatoms. The van der Waals surface area contributed by atoms with Crippen molar-refractivity contribution >= 4 is 19.9 Å². The fraction of sp³-hybridized carbons (Fsp3) is 0.609. The van der Waals surface area contributed by atoms with Gasteiger partial charge in [-0.05, 0) is 56.1 Å². The van der Waals surface area contributed by atoms with E-state index in [1.54, 1.807) is 0 Å². The van der Waals surface area contributed by atoms with Gasteiger partial charge in [-0.3, -0.25) is 4.90 Å². The molecule has 0 amide bonds. The number of likely N-dealkylation sites (N-methyl/N-ethyl adjacent to an activating group) is 1. The number of benzene rings is 1. The number of fused-ring (bicyclic) bond motifs is 2. The Bertz CT molecular complexity index is 776. The minimum atomic E-state index is -1.94. The largest absolute Gasteiger partial charge is 0.466 e. The van der Waals surface area contributed by atoms with Gasteiger partial charge in [0.15, 0.2) is 8.32 Å². The standard InChI is InChI=1S/C23H35NO3Si/c1-15-9-11-16(12-10-15)18-13-17-14-19(27-28(7,8)23(2,3)4)21(24(17)5)20(18)22(25)26-6/h9-12,17,19,21H,13-14H2,1-8H3/t17-,19-,21-/m1/s1. The first-order chi connectivity index (χ1) is 13.0. The SMILES string of the molecule is COC(=O)C1=C(c2ccc(C)cc2)C[C@@H]2C[C@@H](O[Si](C)(C)C(C)(C)C)[C@H]1N2C. The van der Waals surface area contributed by atoms with Crippen LogP contribution in [0.15, 0.2) is 29.8 Å². The second-order valence-electron chi connectivity index (χ2n) is 9.87. The van der Waals surface area contributed by atoms with Crippen LogP contribution in [-0.4, -0.2) is 51.5 Å². The van der Waals surface area contributed by atoms with Crippen LogP contribution in [-0.2, 0) is 14.0 Å². The van der Waals surface area contributed by atoms with Crippen molar-refractivity contribution < 1.29 is 14.0 Å².